The summed E-state index contributed by atoms with van der Waals surface area (Å²) in [4.78, 5) is 28.2. The second kappa shape index (κ2) is 10.7. The molecule has 6 heteroatoms. The van der Waals surface area contributed by atoms with Gasteiger partial charge < -0.3 is 14.6 Å². The fraction of sp³-hybridized carbons (Fsp3) is 0.267. The highest BCUT2D eigenvalue weighted by molar-refractivity contribution is 6.51. The Morgan fingerprint density at radius 1 is 0.944 bits per heavy atom. The average Bonchev–Trinajstić information content (AvgIpc) is 3.13. The average molecular weight is 486 g/mol. The fourth-order valence-corrected chi connectivity index (χ4v) is 4.26. The maximum atomic E-state index is 13.4. The lowest BCUT2D eigenvalue weighted by atomic mass is 9.95. The number of aryl methyl sites for hydroxylation is 1. The Labute approximate surface area is 211 Å². The topological polar surface area (TPSA) is 76.1 Å². The first-order valence-corrected chi connectivity index (χ1v) is 12.1. The SMILES string of the molecule is CCOc1ccc(C2/C(=C(\O)c3cccc(OCC(C)C)c3)C(=O)C(=O)N2c2cccc(C)c2)cc1. The number of hydrogen-bond donors (Lipinski definition) is 1. The number of aliphatic hydroxyl groups excluding tert-OH is 1. The first-order valence-electron chi connectivity index (χ1n) is 12.1. The quantitative estimate of drug-likeness (QED) is 0.239. The fourth-order valence-electron chi connectivity index (χ4n) is 4.26. The first kappa shape index (κ1) is 25.0. The van der Waals surface area contributed by atoms with Crippen molar-refractivity contribution in [2.75, 3.05) is 18.1 Å². The van der Waals surface area contributed by atoms with Gasteiger partial charge >= 0.3 is 0 Å². The van der Waals surface area contributed by atoms with Crippen LogP contribution in [0.15, 0.2) is 78.4 Å². The summed E-state index contributed by atoms with van der Waals surface area (Å²) in [5.41, 5.74) is 2.67. The molecule has 1 fully saturated rings. The zero-order valence-corrected chi connectivity index (χ0v) is 21.0. The third kappa shape index (κ3) is 5.13. The molecular formula is C30H31NO5. The van der Waals surface area contributed by atoms with E-state index in [1.54, 1.807) is 42.5 Å². The third-order valence-electron chi connectivity index (χ3n) is 5.92. The summed E-state index contributed by atoms with van der Waals surface area (Å²) < 4.78 is 11.4. The molecule has 1 aliphatic heterocycles. The molecule has 1 amide bonds. The lowest BCUT2D eigenvalue weighted by Gasteiger charge is -2.26. The van der Waals surface area contributed by atoms with E-state index in [1.165, 1.54) is 4.90 Å². The largest absolute Gasteiger partial charge is 0.507 e. The smallest absolute Gasteiger partial charge is 0.300 e. The summed E-state index contributed by atoms with van der Waals surface area (Å²) >= 11 is 0. The van der Waals surface area contributed by atoms with Crippen molar-refractivity contribution in [3.8, 4) is 11.5 Å². The van der Waals surface area contributed by atoms with E-state index >= 15 is 0 Å². The number of hydrogen-bond acceptors (Lipinski definition) is 5. The third-order valence-corrected chi connectivity index (χ3v) is 5.92. The van der Waals surface area contributed by atoms with Gasteiger partial charge in [-0.15, -0.1) is 0 Å². The molecule has 1 saturated heterocycles. The highest BCUT2D eigenvalue weighted by Crippen LogP contribution is 2.42. The molecule has 0 saturated carbocycles. The first-order chi connectivity index (χ1) is 17.3. The number of nitrogens with zero attached hydrogens (tertiary/aromatic N) is 1. The summed E-state index contributed by atoms with van der Waals surface area (Å²) in [5.74, 6) is -0.0596. The van der Waals surface area contributed by atoms with Gasteiger partial charge in [-0.2, -0.15) is 0 Å². The number of carbonyl (C=O) groups excluding carboxylic acids is 2. The molecule has 4 rings (SSSR count). The van der Waals surface area contributed by atoms with Crippen LogP contribution in [0.4, 0.5) is 5.69 Å². The molecule has 1 N–H and O–H groups in total. The minimum absolute atomic E-state index is 0.0340. The van der Waals surface area contributed by atoms with Crippen molar-refractivity contribution in [3.05, 3.63) is 95.1 Å². The molecule has 186 valence electrons. The molecule has 1 aliphatic rings. The molecule has 1 atom stereocenters. The minimum atomic E-state index is -0.803. The van der Waals surface area contributed by atoms with Crippen molar-refractivity contribution < 1.29 is 24.2 Å². The van der Waals surface area contributed by atoms with Gasteiger partial charge in [0.15, 0.2) is 0 Å². The Morgan fingerprint density at radius 3 is 2.33 bits per heavy atom. The number of Topliss-reactive ketones (excluding diaryl/α,β-unsaturated/α-hetero) is 1. The number of anilines is 1. The molecular weight excluding hydrogens is 454 g/mol. The van der Waals surface area contributed by atoms with E-state index in [9.17, 15) is 14.7 Å². The van der Waals surface area contributed by atoms with E-state index in [0.29, 0.717) is 47.4 Å². The maximum Gasteiger partial charge on any atom is 0.300 e. The second-order valence-corrected chi connectivity index (χ2v) is 9.24. The van der Waals surface area contributed by atoms with E-state index in [-0.39, 0.29) is 11.3 Å². The van der Waals surface area contributed by atoms with Crippen molar-refractivity contribution in [1.82, 2.24) is 0 Å². The Hall–Kier alpha value is -4.06. The Bertz CT molecular complexity index is 1290. The molecule has 6 nitrogen and oxygen atoms in total. The van der Waals surface area contributed by atoms with E-state index < -0.39 is 17.7 Å². The number of amides is 1. The molecule has 3 aromatic rings. The molecule has 0 aromatic heterocycles. The van der Waals surface area contributed by atoms with Crippen LogP contribution in [0.3, 0.4) is 0 Å². The summed E-state index contributed by atoms with van der Waals surface area (Å²) in [7, 11) is 0. The lowest BCUT2D eigenvalue weighted by Crippen LogP contribution is -2.29. The normalized spacial score (nSPS) is 17.0. The van der Waals surface area contributed by atoms with Crippen LogP contribution in [0.1, 0.15) is 43.5 Å². The van der Waals surface area contributed by atoms with Crippen LogP contribution < -0.4 is 14.4 Å². The van der Waals surface area contributed by atoms with E-state index in [2.05, 4.69) is 0 Å². The molecule has 36 heavy (non-hydrogen) atoms. The Balaban J connectivity index is 1.85. The van der Waals surface area contributed by atoms with Crippen LogP contribution in [0.2, 0.25) is 0 Å². The van der Waals surface area contributed by atoms with Gasteiger partial charge in [0.2, 0.25) is 0 Å². The van der Waals surface area contributed by atoms with Gasteiger partial charge in [-0.25, -0.2) is 0 Å². The molecule has 0 spiro atoms. The molecule has 1 unspecified atom stereocenters. The van der Waals surface area contributed by atoms with Crippen molar-refractivity contribution >= 4 is 23.1 Å². The monoisotopic (exact) mass is 485 g/mol. The Kier molecular flexibility index (Phi) is 7.44. The number of carbonyl (C=O) groups is 2. The zero-order valence-electron chi connectivity index (χ0n) is 21.0. The van der Waals surface area contributed by atoms with Crippen LogP contribution in [0, 0.1) is 12.8 Å². The summed E-state index contributed by atoms with van der Waals surface area (Å²) in [6.45, 7) is 8.97. The van der Waals surface area contributed by atoms with E-state index in [1.807, 2.05) is 58.0 Å². The predicted octanol–water partition coefficient (Wildman–Crippen LogP) is 6.05. The van der Waals surface area contributed by atoms with Crippen LogP contribution >= 0.6 is 0 Å². The molecule has 3 aromatic carbocycles. The van der Waals surface area contributed by atoms with Gasteiger partial charge in [-0.1, -0.05) is 50.2 Å². The van der Waals surface area contributed by atoms with E-state index in [0.717, 1.165) is 5.56 Å². The highest BCUT2D eigenvalue weighted by Gasteiger charge is 2.47. The van der Waals surface area contributed by atoms with Crippen LogP contribution in [-0.2, 0) is 9.59 Å². The summed E-state index contributed by atoms with van der Waals surface area (Å²) in [5, 5.41) is 11.4. The molecule has 0 radical (unpaired) electrons. The predicted molar refractivity (Wildman–Crippen MR) is 140 cm³/mol. The number of rotatable bonds is 8. The van der Waals surface area contributed by atoms with Crippen LogP contribution in [-0.4, -0.2) is 30.0 Å². The van der Waals surface area contributed by atoms with Gasteiger partial charge in [0, 0.05) is 11.3 Å². The van der Waals surface area contributed by atoms with E-state index in [4.69, 9.17) is 9.47 Å². The number of ether oxygens (including phenoxy) is 2. The zero-order chi connectivity index (χ0) is 25.8. The number of aliphatic hydroxyl groups is 1. The van der Waals surface area contributed by atoms with Gasteiger partial charge in [0.1, 0.15) is 17.3 Å². The molecule has 0 aliphatic carbocycles. The number of benzene rings is 3. The van der Waals surface area contributed by atoms with Crippen molar-refractivity contribution in [3.63, 3.8) is 0 Å². The minimum Gasteiger partial charge on any atom is -0.507 e. The maximum absolute atomic E-state index is 13.4. The summed E-state index contributed by atoms with van der Waals surface area (Å²) in [6.07, 6.45) is 0. The summed E-state index contributed by atoms with van der Waals surface area (Å²) in [6, 6.07) is 20.8. The van der Waals surface area contributed by atoms with Crippen molar-refractivity contribution in [2.24, 2.45) is 5.92 Å². The van der Waals surface area contributed by atoms with Crippen LogP contribution in [0.25, 0.3) is 5.76 Å². The van der Waals surface area contributed by atoms with Gasteiger partial charge in [0.05, 0.1) is 24.8 Å². The van der Waals surface area contributed by atoms with Crippen molar-refractivity contribution in [2.45, 2.75) is 33.7 Å². The molecule has 0 bridgehead atoms. The highest BCUT2D eigenvalue weighted by atomic mass is 16.5. The molecule has 1 heterocycles. The second-order valence-electron chi connectivity index (χ2n) is 9.24. The number of ketones is 1. The van der Waals surface area contributed by atoms with Crippen molar-refractivity contribution in [1.29, 1.82) is 0 Å². The van der Waals surface area contributed by atoms with Gasteiger partial charge in [-0.3, -0.25) is 14.5 Å². The van der Waals surface area contributed by atoms with Gasteiger partial charge in [0.25, 0.3) is 11.7 Å². The standard InChI is InChI=1S/C30H31NO5/c1-5-35-24-14-12-21(13-15-24)27-26(28(32)22-9-7-11-25(17-22)36-18-19(2)3)29(33)30(34)31(27)23-10-6-8-20(4)16-23/h6-17,19,27,32H,5,18H2,1-4H3/b28-26+. The van der Waals surface area contributed by atoms with Crippen LogP contribution in [0.5, 0.6) is 11.5 Å². The lowest BCUT2D eigenvalue weighted by molar-refractivity contribution is -0.132. The van der Waals surface area contributed by atoms with Gasteiger partial charge in [-0.05, 0) is 67.3 Å². The Morgan fingerprint density at radius 2 is 1.67 bits per heavy atom.